The Hall–Kier alpha value is -1.05. The van der Waals surface area contributed by atoms with Crippen LogP contribution in [0.2, 0.25) is 0 Å². The first-order valence-corrected chi connectivity index (χ1v) is 6.59. The molecule has 2 nitrogen and oxygen atoms in total. The van der Waals surface area contributed by atoms with Gasteiger partial charge in [-0.2, -0.15) is 0 Å². The largest absolute Gasteiger partial charge is 0.454 e. The van der Waals surface area contributed by atoms with Crippen molar-refractivity contribution in [1.82, 2.24) is 0 Å². The summed E-state index contributed by atoms with van der Waals surface area (Å²) >= 11 is 0. The zero-order valence-corrected chi connectivity index (χ0v) is 10.7. The van der Waals surface area contributed by atoms with Gasteiger partial charge in [-0.25, -0.2) is 4.79 Å². The van der Waals surface area contributed by atoms with Crippen molar-refractivity contribution in [2.75, 3.05) is 0 Å². The van der Waals surface area contributed by atoms with Gasteiger partial charge in [-0.15, -0.1) is 0 Å². The Morgan fingerprint density at radius 1 is 1.47 bits per heavy atom. The Balaban J connectivity index is 1.97. The van der Waals surface area contributed by atoms with E-state index in [0.29, 0.717) is 11.3 Å². The van der Waals surface area contributed by atoms with Gasteiger partial charge >= 0.3 is 5.97 Å². The van der Waals surface area contributed by atoms with Gasteiger partial charge in [-0.1, -0.05) is 19.1 Å². The first-order chi connectivity index (χ1) is 8.01. The molecule has 2 fully saturated rings. The topological polar surface area (TPSA) is 26.3 Å². The maximum Gasteiger partial charge on any atom is 0.334 e. The molecule has 17 heavy (non-hydrogen) atoms. The van der Waals surface area contributed by atoms with E-state index >= 15 is 0 Å². The molecule has 0 unspecified atom stereocenters. The highest BCUT2D eigenvalue weighted by Crippen LogP contribution is 2.55. The fourth-order valence-corrected chi connectivity index (χ4v) is 3.95. The molecule has 1 heterocycles. The van der Waals surface area contributed by atoms with Crippen LogP contribution in [0.15, 0.2) is 23.3 Å². The monoisotopic (exact) mass is 232 g/mol. The van der Waals surface area contributed by atoms with E-state index in [0.717, 1.165) is 24.8 Å². The second kappa shape index (κ2) is 3.47. The van der Waals surface area contributed by atoms with Crippen LogP contribution in [-0.2, 0) is 9.53 Å². The summed E-state index contributed by atoms with van der Waals surface area (Å²) in [5, 5.41) is 0. The third kappa shape index (κ3) is 1.50. The molecule has 3 rings (SSSR count). The summed E-state index contributed by atoms with van der Waals surface area (Å²) in [6.45, 7) is 8.51. The standard InChI is InChI=1S/C15H20O2/c1-9-5-4-6-15(3)8-13-11(7-12(9)15)10(2)14(16)17-13/h12-13H,1,4-8H2,2-3H3/t12-,13+,15+/m1/s1. The van der Waals surface area contributed by atoms with Gasteiger partial charge in [0.2, 0.25) is 0 Å². The van der Waals surface area contributed by atoms with E-state index in [1.807, 2.05) is 6.92 Å². The van der Waals surface area contributed by atoms with E-state index in [1.165, 1.54) is 24.0 Å². The number of fused-ring (bicyclic) bond motifs is 2. The number of carbonyl (C=O) groups is 1. The number of ether oxygens (including phenoxy) is 1. The molecule has 92 valence electrons. The molecular formula is C15H20O2. The first-order valence-electron chi connectivity index (χ1n) is 6.59. The molecular weight excluding hydrogens is 212 g/mol. The molecule has 2 aliphatic carbocycles. The number of carbonyl (C=O) groups excluding carboxylic acids is 1. The molecule has 2 saturated carbocycles. The van der Waals surface area contributed by atoms with Crippen molar-refractivity contribution in [3.8, 4) is 0 Å². The number of esters is 1. The number of hydrogen-bond acceptors (Lipinski definition) is 2. The van der Waals surface area contributed by atoms with Gasteiger partial charge < -0.3 is 4.74 Å². The summed E-state index contributed by atoms with van der Waals surface area (Å²) in [6.07, 6.45) is 5.70. The fourth-order valence-electron chi connectivity index (χ4n) is 3.95. The minimum absolute atomic E-state index is 0.0645. The number of allylic oxidation sites excluding steroid dienone is 1. The van der Waals surface area contributed by atoms with Crippen molar-refractivity contribution in [2.45, 2.75) is 52.1 Å². The van der Waals surface area contributed by atoms with E-state index in [2.05, 4.69) is 13.5 Å². The van der Waals surface area contributed by atoms with Crippen LogP contribution in [0.3, 0.4) is 0 Å². The molecule has 3 atom stereocenters. The van der Waals surface area contributed by atoms with Crippen LogP contribution < -0.4 is 0 Å². The zero-order valence-electron chi connectivity index (χ0n) is 10.7. The van der Waals surface area contributed by atoms with Crippen LogP contribution in [0.4, 0.5) is 0 Å². The fraction of sp³-hybridized carbons (Fsp3) is 0.667. The predicted octanol–water partition coefficient (Wildman–Crippen LogP) is 3.38. The van der Waals surface area contributed by atoms with Crippen LogP contribution in [0.1, 0.15) is 46.0 Å². The average molecular weight is 232 g/mol. The lowest BCUT2D eigenvalue weighted by Gasteiger charge is -2.48. The minimum atomic E-state index is -0.0992. The Morgan fingerprint density at radius 3 is 3.00 bits per heavy atom. The van der Waals surface area contributed by atoms with Gasteiger partial charge in [0.05, 0.1) is 0 Å². The molecule has 3 aliphatic rings. The van der Waals surface area contributed by atoms with Crippen molar-refractivity contribution in [3.63, 3.8) is 0 Å². The summed E-state index contributed by atoms with van der Waals surface area (Å²) in [6, 6.07) is 0. The Bertz CT molecular complexity index is 432. The van der Waals surface area contributed by atoms with Crippen molar-refractivity contribution in [1.29, 1.82) is 0 Å². The molecule has 0 saturated heterocycles. The lowest BCUT2D eigenvalue weighted by molar-refractivity contribution is -0.141. The van der Waals surface area contributed by atoms with Crippen molar-refractivity contribution >= 4 is 5.97 Å². The van der Waals surface area contributed by atoms with Gasteiger partial charge in [0.1, 0.15) is 6.10 Å². The average Bonchev–Trinajstić information content (AvgIpc) is 2.52. The lowest BCUT2D eigenvalue weighted by atomic mass is 9.57. The first kappa shape index (κ1) is 11.1. The molecule has 0 aromatic rings. The van der Waals surface area contributed by atoms with E-state index in [1.54, 1.807) is 0 Å². The summed E-state index contributed by atoms with van der Waals surface area (Å²) in [7, 11) is 0. The molecule has 0 spiro atoms. The minimum Gasteiger partial charge on any atom is -0.454 e. The quantitative estimate of drug-likeness (QED) is 0.472. The van der Waals surface area contributed by atoms with E-state index in [-0.39, 0.29) is 12.1 Å². The van der Waals surface area contributed by atoms with E-state index in [4.69, 9.17) is 4.74 Å². The molecule has 0 amide bonds. The van der Waals surface area contributed by atoms with Crippen LogP contribution in [0.25, 0.3) is 0 Å². The zero-order chi connectivity index (χ0) is 12.2. The number of hydrogen-bond donors (Lipinski definition) is 0. The van der Waals surface area contributed by atoms with Crippen LogP contribution in [0, 0.1) is 11.3 Å². The maximum absolute atomic E-state index is 11.6. The lowest BCUT2D eigenvalue weighted by Crippen LogP contribution is -2.41. The van der Waals surface area contributed by atoms with Crippen LogP contribution in [-0.4, -0.2) is 12.1 Å². The van der Waals surface area contributed by atoms with Crippen LogP contribution in [0.5, 0.6) is 0 Å². The maximum atomic E-state index is 11.6. The number of rotatable bonds is 0. The Morgan fingerprint density at radius 2 is 2.24 bits per heavy atom. The third-order valence-electron chi connectivity index (χ3n) is 5.08. The molecule has 1 aliphatic heterocycles. The molecule has 0 bridgehead atoms. The molecule has 0 N–H and O–H groups in total. The molecule has 2 heteroatoms. The normalized spacial score (nSPS) is 41.1. The highest BCUT2D eigenvalue weighted by atomic mass is 16.5. The van der Waals surface area contributed by atoms with Gasteiger partial charge in [-0.3, -0.25) is 0 Å². The highest BCUT2D eigenvalue weighted by Gasteiger charge is 2.49. The summed E-state index contributed by atoms with van der Waals surface area (Å²) < 4.78 is 5.48. The second-order valence-electron chi connectivity index (χ2n) is 6.17. The summed E-state index contributed by atoms with van der Waals surface area (Å²) in [4.78, 5) is 11.6. The highest BCUT2D eigenvalue weighted by molar-refractivity contribution is 5.91. The Labute approximate surface area is 103 Å². The van der Waals surface area contributed by atoms with Gasteiger partial charge in [0.15, 0.2) is 0 Å². The summed E-state index contributed by atoms with van der Waals surface area (Å²) in [5.41, 5.74) is 3.79. The smallest absolute Gasteiger partial charge is 0.334 e. The SMILES string of the molecule is C=C1CCC[C@@]2(C)C[C@@H]3OC(=O)C(C)=C3C[C@H]12. The Kier molecular flexibility index (Phi) is 2.26. The van der Waals surface area contributed by atoms with Crippen LogP contribution >= 0.6 is 0 Å². The predicted molar refractivity (Wildman–Crippen MR) is 66.4 cm³/mol. The second-order valence-corrected chi connectivity index (χ2v) is 6.17. The van der Waals surface area contributed by atoms with E-state index < -0.39 is 0 Å². The van der Waals surface area contributed by atoms with Gasteiger partial charge in [-0.05, 0) is 55.9 Å². The third-order valence-corrected chi connectivity index (χ3v) is 5.08. The van der Waals surface area contributed by atoms with Crippen molar-refractivity contribution < 1.29 is 9.53 Å². The van der Waals surface area contributed by atoms with E-state index in [9.17, 15) is 4.79 Å². The van der Waals surface area contributed by atoms with Gasteiger partial charge in [0, 0.05) is 5.57 Å². The molecule has 0 radical (unpaired) electrons. The molecule has 0 aromatic carbocycles. The van der Waals surface area contributed by atoms with Crippen molar-refractivity contribution in [3.05, 3.63) is 23.3 Å². The van der Waals surface area contributed by atoms with Crippen molar-refractivity contribution in [2.24, 2.45) is 11.3 Å². The van der Waals surface area contributed by atoms with Gasteiger partial charge in [0.25, 0.3) is 0 Å². The summed E-state index contributed by atoms with van der Waals surface area (Å²) in [5.74, 6) is 0.463. The molecule has 0 aromatic heterocycles.